The molecule has 106 valence electrons. The van der Waals surface area contributed by atoms with E-state index in [1.165, 1.54) is 5.56 Å². The molecule has 0 spiro atoms. The second-order valence-corrected chi connectivity index (χ2v) is 4.58. The smallest absolute Gasteiger partial charge is 0.118 e. The lowest BCUT2D eigenvalue weighted by Crippen LogP contribution is -2.23. The van der Waals surface area contributed by atoms with Gasteiger partial charge in [0.15, 0.2) is 0 Å². The van der Waals surface area contributed by atoms with Gasteiger partial charge < -0.3 is 9.57 Å². The van der Waals surface area contributed by atoms with Crippen molar-refractivity contribution >= 4 is 0 Å². The molecule has 0 bridgehead atoms. The van der Waals surface area contributed by atoms with Crippen LogP contribution in [-0.2, 0) is 4.84 Å². The minimum Gasteiger partial charge on any atom is -0.497 e. The molecule has 2 rings (SSSR count). The molecule has 0 aromatic heterocycles. The Balaban J connectivity index is 2.20. The van der Waals surface area contributed by atoms with Crippen molar-refractivity contribution in [1.29, 1.82) is 0 Å². The summed E-state index contributed by atoms with van der Waals surface area (Å²) in [6, 6.07) is 18.3. The highest BCUT2D eigenvalue weighted by Gasteiger charge is 2.13. The van der Waals surface area contributed by atoms with Gasteiger partial charge in [0.25, 0.3) is 0 Å². The van der Waals surface area contributed by atoms with Crippen LogP contribution in [0.3, 0.4) is 0 Å². The maximum absolute atomic E-state index is 5.53. The molecule has 0 fully saturated rings. The van der Waals surface area contributed by atoms with E-state index in [0.29, 0.717) is 6.61 Å². The molecule has 0 aliphatic heterocycles. The summed E-state index contributed by atoms with van der Waals surface area (Å²) in [5.41, 5.74) is 5.47. The third-order valence-corrected chi connectivity index (χ3v) is 3.09. The number of ether oxygens (including phenoxy) is 1. The summed E-state index contributed by atoms with van der Waals surface area (Å²) in [7, 11) is 1.67. The normalized spacial score (nSPS) is 12.1. The van der Waals surface area contributed by atoms with Gasteiger partial charge in [-0.15, -0.1) is 0 Å². The molecular weight excluding hydrogens is 250 g/mol. The molecule has 2 aromatic carbocycles. The van der Waals surface area contributed by atoms with Crippen molar-refractivity contribution in [3.05, 3.63) is 65.7 Å². The van der Waals surface area contributed by atoms with E-state index in [4.69, 9.17) is 9.57 Å². The number of nitrogens with one attached hydrogen (secondary N) is 1. The molecule has 1 atom stereocenters. The first-order valence-corrected chi connectivity index (χ1v) is 6.91. The standard InChI is InChI=1S/C17H21NO2/c1-3-13-20-18-17(14-7-5-4-6-8-14)15-9-11-16(19-2)12-10-15/h4-12,17-18H,3,13H2,1-2H3. The molecular formula is C17H21NO2. The zero-order valence-corrected chi connectivity index (χ0v) is 12.0. The van der Waals surface area contributed by atoms with Crippen molar-refractivity contribution in [3.63, 3.8) is 0 Å². The summed E-state index contributed by atoms with van der Waals surface area (Å²) in [4.78, 5) is 5.53. The minimum absolute atomic E-state index is 0.0219. The van der Waals surface area contributed by atoms with Gasteiger partial charge in [-0.05, 0) is 29.7 Å². The third-order valence-electron chi connectivity index (χ3n) is 3.09. The van der Waals surface area contributed by atoms with Crippen LogP contribution in [0.5, 0.6) is 5.75 Å². The van der Waals surface area contributed by atoms with Crippen LogP contribution in [0, 0.1) is 0 Å². The minimum atomic E-state index is 0.0219. The summed E-state index contributed by atoms with van der Waals surface area (Å²) >= 11 is 0. The number of benzene rings is 2. The summed E-state index contributed by atoms with van der Waals surface area (Å²) in [5, 5.41) is 0. The van der Waals surface area contributed by atoms with E-state index < -0.39 is 0 Å². The van der Waals surface area contributed by atoms with E-state index in [-0.39, 0.29) is 6.04 Å². The van der Waals surface area contributed by atoms with E-state index in [1.807, 2.05) is 30.3 Å². The van der Waals surface area contributed by atoms with E-state index in [1.54, 1.807) is 7.11 Å². The van der Waals surface area contributed by atoms with Gasteiger partial charge in [0.2, 0.25) is 0 Å². The first-order valence-electron chi connectivity index (χ1n) is 6.91. The molecule has 0 saturated carbocycles. The average Bonchev–Trinajstić information content (AvgIpc) is 2.53. The van der Waals surface area contributed by atoms with Crippen molar-refractivity contribution in [2.45, 2.75) is 19.4 Å². The highest BCUT2D eigenvalue weighted by atomic mass is 16.6. The van der Waals surface area contributed by atoms with Crippen LogP contribution in [-0.4, -0.2) is 13.7 Å². The summed E-state index contributed by atoms with van der Waals surface area (Å²) in [6.45, 7) is 2.78. The van der Waals surface area contributed by atoms with Gasteiger partial charge in [-0.25, -0.2) is 0 Å². The van der Waals surface area contributed by atoms with Gasteiger partial charge in [0, 0.05) is 0 Å². The molecule has 20 heavy (non-hydrogen) atoms. The van der Waals surface area contributed by atoms with Gasteiger partial charge in [-0.3, -0.25) is 0 Å². The predicted molar refractivity (Wildman–Crippen MR) is 80.7 cm³/mol. The molecule has 1 unspecified atom stereocenters. The Morgan fingerprint density at radius 1 is 0.950 bits per heavy atom. The maximum atomic E-state index is 5.53. The predicted octanol–water partition coefficient (Wildman–Crippen LogP) is 3.72. The van der Waals surface area contributed by atoms with Crippen LogP contribution in [0.4, 0.5) is 0 Å². The van der Waals surface area contributed by atoms with Crippen LogP contribution < -0.4 is 10.2 Å². The number of rotatable bonds is 7. The Kier molecular flexibility index (Phi) is 5.59. The average molecular weight is 271 g/mol. The number of methoxy groups -OCH3 is 1. The fraction of sp³-hybridized carbons (Fsp3) is 0.294. The molecule has 0 saturated heterocycles. The topological polar surface area (TPSA) is 30.5 Å². The van der Waals surface area contributed by atoms with E-state index >= 15 is 0 Å². The molecule has 1 N–H and O–H groups in total. The number of hydrogen-bond donors (Lipinski definition) is 1. The SMILES string of the molecule is CCCONC(c1ccccc1)c1ccc(OC)cc1. The highest BCUT2D eigenvalue weighted by Crippen LogP contribution is 2.24. The van der Waals surface area contributed by atoms with Crippen LogP contribution in [0.1, 0.15) is 30.5 Å². The van der Waals surface area contributed by atoms with E-state index in [2.05, 4.69) is 36.7 Å². The Morgan fingerprint density at radius 2 is 1.60 bits per heavy atom. The van der Waals surface area contributed by atoms with Crippen molar-refractivity contribution in [3.8, 4) is 5.75 Å². The fourth-order valence-corrected chi connectivity index (χ4v) is 2.01. The van der Waals surface area contributed by atoms with Gasteiger partial charge >= 0.3 is 0 Å². The summed E-state index contributed by atoms with van der Waals surface area (Å²) in [6.07, 6.45) is 0.983. The van der Waals surface area contributed by atoms with Crippen molar-refractivity contribution in [1.82, 2.24) is 5.48 Å². The number of hydrogen-bond acceptors (Lipinski definition) is 3. The number of hydroxylamine groups is 1. The van der Waals surface area contributed by atoms with Crippen LogP contribution >= 0.6 is 0 Å². The van der Waals surface area contributed by atoms with Crippen LogP contribution in [0.25, 0.3) is 0 Å². The lowest BCUT2D eigenvalue weighted by atomic mass is 9.99. The largest absolute Gasteiger partial charge is 0.497 e. The van der Waals surface area contributed by atoms with Gasteiger partial charge in [0.1, 0.15) is 5.75 Å². The zero-order valence-electron chi connectivity index (χ0n) is 12.0. The Morgan fingerprint density at radius 3 is 2.20 bits per heavy atom. The Hall–Kier alpha value is -1.84. The quantitative estimate of drug-likeness (QED) is 0.615. The monoisotopic (exact) mass is 271 g/mol. The van der Waals surface area contributed by atoms with Crippen LogP contribution in [0.15, 0.2) is 54.6 Å². The molecule has 0 heterocycles. The van der Waals surface area contributed by atoms with Gasteiger partial charge in [-0.1, -0.05) is 49.4 Å². The van der Waals surface area contributed by atoms with Crippen LogP contribution in [0.2, 0.25) is 0 Å². The third kappa shape index (κ3) is 3.83. The first kappa shape index (κ1) is 14.6. The second-order valence-electron chi connectivity index (χ2n) is 4.58. The molecule has 0 aliphatic carbocycles. The molecule has 0 amide bonds. The van der Waals surface area contributed by atoms with E-state index in [0.717, 1.165) is 17.7 Å². The highest BCUT2D eigenvalue weighted by molar-refractivity contribution is 5.35. The molecule has 3 heteroatoms. The zero-order chi connectivity index (χ0) is 14.2. The lowest BCUT2D eigenvalue weighted by Gasteiger charge is -2.19. The second kappa shape index (κ2) is 7.68. The van der Waals surface area contributed by atoms with Crippen molar-refractivity contribution < 1.29 is 9.57 Å². The molecule has 2 aromatic rings. The van der Waals surface area contributed by atoms with Crippen molar-refractivity contribution in [2.75, 3.05) is 13.7 Å². The van der Waals surface area contributed by atoms with Crippen molar-refractivity contribution in [2.24, 2.45) is 0 Å². The fourth-order valence-electron chi connectivity index (χ4n) is 2.01. The Labute approximate surface area is 120 Å². The van der Waals surface area contributed by atoms with Gasteiger partial charge in [0.05, 0.1) is 19.8 Å². The first-order chi connectivity index (χ1) is 9.85. The molecule has 0 aliphatic rings. The summed E-state index contributed by atoms with van der Waals surface area (Å²) in [5.74, 6) is 0.857. The van der Waals surface area contributed by atoms with E-state index in [9.17, 15) is 0 Å². The molecule has 0 radical (unpaired) electrons. The maximum Gasteiger partial charge on any atom is 0.118 e. The Bertz CT molecular complexity index is 496. The molecule has 3 nitrogen and oxygen atoms in total. The summed E-state index contributed by atoms with van der Waals surface area (Å²) < 4.78 is 5.20. The van der Waals surface area contributed by atoms with Gasteiger partial charge in [-0.2, -0.15) is 5.48 Å². The lowest BCUT2D eigenvalue weighted by molar-refractivity contribution is 0.0247.